The number of hydrogen-bond donors (Lipinski definition) is 2. The number of fused-ring (bicyclic) bond motifs is 1. The van der Waals surface area contributed by atoms with Crippen molar-refractivity contribution in [3.8, 4) is 5.88 Å². The van der Waals surface area contributed by atoms with E-state index < -0.39 is 10.0 Å². The Hall–Kier alpha value is -4.25. The van der Waals surface area contributed by atoms with Gasteiger partial charge in [-0.3, -0.25) is 9.52 Å². The number of hydrogen-bond acceptors (Lipinski definition) is 9. The first-order valence-electron chi connectivity index (χ1n) is 9.26. The lowest BCUT2D eigenvalue weighted by atomic mass is 10.3. The lowest BCUT2D eigenvalue weighted by Gasteiger charge is -2.10. The third kappa shape index (κ3) is 4.42. The summed E-state index contributed by atoms with van der Waals surface area (Å²) in [6, 6.07) is 13.1. The fourth-order valence-corrected chi connectivity index (χ4v) is 3.77. The maximum atomic E-state index is 12.6. The molecule has 4 aromatic rings. The van der Waals surface area contributed by atoms with Crippen molar-refractivity contribution in [2.24, 2.45) is 0 Å². The zero-order valence-electron chi connectivity index (χ0n) is 16.7. The number of aromatic nitrogens is 3. The van der Waals surface area contributed by atoms with E-state index in [9.17, 15) is 13.2 Å². The quantitative estimate of drug-likeness (QED) is 0.306. The van der Waals surface area contributed by atoms with Gasteiger partial charge in [-0.15, -0.1) is 0 Å². The minimum Gasteiger partial charge on any atom is -0.478 e. The third-order valence-corrected chi connectivity index (χ3v) is 5.67. The van der Waals surface area contributed by atoms with Crippen LogP contribution in [0.5, 0.6) is 5.88 Å². The van der Waals surface area contributed by atoms with Crippen LogP contribution in [0.2, 0.25) is 0 Å². The molecule has 162 valence electrons. The molecule has 0 spiro atoms. The number of allylic oxidation sites excluding steroid dienone is 1. The highest BCUT2D eigenvalue weighted by molar-refractivity contribution is 7.92. The van der Waals surface area contributed by atoms with Crippen molar-refractivity contribution >= 4 is 44.5 Å². The number of nitrogens with zero attached hydrogens (tertiary/aromatic N) is 3. The molecular formula is C21H17N5O5S. The molecular weight excluding hydrogens is 434 g/mol. The van der Waals surface area contributed by atoms with Crippen LogP contribution in [0, 0.1) is 0 Å². The van der Waals surface area contributed by atoms with E-state index >= 15 is 0 Å². The highest BCUT2D eigenvalue weighted by atomic mass is 32.2. The topological polar surface area (TPSA) is 136 Å². The molecule has 2 N–H and O–H groups in total. The molecule has 0 fully saturated rings. The van der Waals surface area contributed by atoms with Crippen LogP contribution in [0.25, 0.3) is 16.7 Å². The van der Waals surface area contributed by atoms with Crippen LogP contribution in [0.3, 0.4) is 0 Å². The van der Waals surface area contributed by atoms with Crippen molar-refractivity contribution in [3.05, 3.63) is 73.0 Å². The van der Waals surface area contributed by atoms with Crippen molar-refractivity contribution in [3.63, 3.8) is 0 Å². The third-order valence-electron chi connectivity index (χ3n) is 4.32. The van der Waals surface area contributed by atoms with Crippen LogP contribution in [-0.2, 0) is 14.8 Å². The molecule has 4 rings (SSSR count). The second kappa shape index (κ2) is 8.86. The van der Waals surface area contributed by atoms with E-state index in [4.69, 9.17) is 9.15 Å². The highest BCUT2D eigenvalue weighted by Gasteiger charge is 2.18. The monoisotopic (exact) mass is 451 g/mol. The summed E-state index contributed by atoms with van der Waals surface area (Å²) in [5.41, 5.74) is 1.96. The van der Waals surface area contributed by atoms with Gasteiger partial charge in [-0.25, -0.2) is 23.4 Å². The van der Waals surface area contributed by atoms with Gasteiger partial charge in [0.05, 0.1) is 17.6 Å². The van der Waals surface area contributed by atoms with Crippen LogP contribution in [0.1, 0.15) is 5.89 Å². The van der Waals surface area contributed by atoms with Crippen molar-refractivity contribution in [1.82, 2.24) is 15.0 Å². The first kappa shape index (κ1) is 21.0. The fraction of sp³-hybridized carbons (Fsp3) is 0.0476. The molecule has 0 aliphatic heterocycles. The normalized spacial score (nSPS) is 11.8. The molecule has 0 aliphatic rings. The van der Waals surface area contributed by atoms with Crippen molar-refractivity contribution in [1.29, 1.82) is 0 Å². The smallest absolute Gasteiger partial charge is 0.263 e. The number of methoxy groups -OCH3 is 1. The number of anilines is 2. The van der Waals surface area contributed by atoms with Gasteiger partial charge < -0.3 is 14.5 Å². The number of carbonyl (C=O) groups is 1. The van der Waals surface area contributed by atoms with Crippen LogP contribution < -0.4 is 14.8 Å². The number of benzene rings is 2. The van der Waals surface area contributed by atoms with Gasteiger partial charge in [-0.2, -0.15) is 0 Å². The van der Waals surface area contributed by atoms with Crippen LogP contribution in [0.15, 0.2) is 76.4 Å². The standard InChI is InChI=1S/C21H17N5O5S/c1-30-21-19(22-10-11-23-21)26-32(28,29)16-8-6-15(7-9-16)24-12-14(13-27)20-25-17-4-2-3-5-18(17)31-20/h2-13,24H,1H3,(H,22,26)/b14-12+. The van der Waals surface area contributed by atoms with Gasteiger partial charge in [0.1, 0.15) is 5.52 Å². The molecule has 0 radical (unpaired) electrons. The molecule has 0 saturated heterocycles. The number of rotatable bonds is 8. The van der Waals surface area contributed by atoms with Gasteiger partial charge in [0.15, 0.2) is 11.9 Å². The fourth-order valence-electron chi connectivity index (χ4n) is 2.76. The number of ether oxygens (including phenoxy) is 1. The molecule has 32 heavy (non-hydrogen) atoms. The summed E-state index contributed by atoms with van der Waals surface area (Å²) < 4.78 is 38.2. The van der Waals surface area contributed by atoms with Crippen LogP contribution in [0.4, 0.5) is 11.5 Å². The molecule has 2 aromatic heterocycles. The van der Waals surface area contributed by atoms with Gasteiger partial charge in [-0.05, 0) is 36.4 Å². The second-order valence-corrected chi connectivity index (χ2v) is 8.08. The molecule has 0 bridgehead atoms. The van der Waals surface area contributed by atoms with E-state index in [-0.39, 0.29) is 28.1 Å². The maximum Gasteiger partial charge on any atom is 0.263 e. The van der Waals surface area contributed by atoms with E-state index in [2.05, 4.69) is 25.0 Å². The van der Waals surface area contributed by atoms with Gasteiger partial charge in [0.25, 0.3) is 15.9 Å². The van der Waals surface area contributed by atoms with Crippen molar-refractivity contribution in [2.75, 3.05) is 17.1 Å². The summed E-state index contributed by atoms with van der Waals surface area (Å²) in [4.78, 5) is 23.6. The first-order valence-corrected chi connectivity index (χ1v) is 10.7. The molecule has 0 amide bonds. The average Bonchev–Trinajstić information content (AvgIpc) is 3.24. The molecule has 2 heterocycles. The minimum atomic E-state index is -3.91. The minimum absolute atomic E-state index is 0.00861. The Morgan fingerprint density at radius 3 is 2.53 bits per heavy atom. The maximum absolute atomic E-state index is 12.6. The largest absolute Gasteiger partial charge is 0.478 e. The van der Waals surface area contributed by atoms with Crippen molar-refractivity contribution in [2.45, 2.75) is 4.90 Å². The number of aldehydes is 1. The summed E-state index contributed by atoms with van der Waals surface area (Å²) in [6.07, 6.45) is 4.79. The number of nitrogens with one attached hydrogen (secondary N) is 2. The molecule has 0 unspecified atom stereocenters. The average molecular weight is 451 g/mol. The zero-order valence-corrected chi connectivity index (χ0v) is 17.5. The molecule has 10 nitrogen and oxygen atoms in total. The Morgan fingerprint density at radius 1 is 1.06 bits per heavy atom. The number of para-hydroxylation sites is 2. The van der Waals surface area contributed by atoms with E-state index in [1.807, 2.05) is 12.1 Å². The summed E-state index contributed by atoms with van der Waals surface area (Å²) in [7, 11) is -2.55. The summed E-state index contributed by atoms with van der Waals surface area (Å²) in [5, 5.41) is 2.93. The number of carbonyl (C=O) groups excluding carboxylic acids is 1. The number of sulfonamides is 1. The summed E-state index contributed by atoms with van der Waals surface area (Å²) in [5.74, 6) is 0.212. The summed E-state index contributed by atoms with van der Waals surface area (Å²) in [6.45, 7) is 0. The van der Waals surface area contributed by atoms with E-state index in [1.54, 1.807) is 24.3 Å². The predicted octanol–water partition coefficient (Wildman–Crippen LogP) is 3.08. The Labute approximate surface area is 183 Å². The zero-order chi connectivity index (χ0) is 22.6. The van der Waals surface area contributed by atoms with Crippen LogP contribution >= 0.6 is 0 Å². The molecule has 11 heteroatoms. The SMILES string of the molecule is COc1nccnc1NS(=O)(=O)c1ccc(N/C=C(\C=O)c2nc3ccccc3o2)cc1. The lowest BCUT2D eigenvalue weighted by Crippen LogP contribution is -2.15. The first-order chi connectivity index (χ1) is 15.5. The van der Waals surface area contributed by atoms with Crippen molar-refractivity contribution < 1.29 is 22.4 Å². The van der Waals surface area contributed by atoms with E-state index in [0.29, 0.717) is 23.1 Å². The molecule has 0 atom stereocenters. The molecule has 0 saturated carbocycles. The van der Waals surface area contributed by atoms with Crippen LogP contribution in [-0.4, -0.2) is 36.8 Å². The Balaban J connectivity index is 1.51. The number of oxazole rings is 1. The van der Waals surface area contributed by atoms with E-state index in [1.165, 1.54) is 37.8 Å². The highest BCUT2D eigenvalue weighted by Crippen LogP contribution is 2.23. The summed E-state index contributed by atoms with van der Waals surface area (Å²) >= 11 is 0. The predicted molar refractivity (Wildman–Crippen MR) is 118 cm³/mol. The second-order valence-electron chi connectivity index (χ2n) is 6.39. The van der Waals surface area contributed by atoms with Gasteiger partial charge >= 0.3 is 0 Å². The van der Waals surface area contributed by atoms with Gasteiger partial charge in [0.2, 0.25) is 11.7 Å². The Kier molecular flexibility index (Phi) is 5.81. The Bertz CT molecular complexity index is 1360. The molecule has 0 aliphatic carbocycles. The molecule has 2 aromatic carbocycles. The lowest BCUT2D eigenvalue weighted by molar-refractivity contribution is -0.103. The Morgan fingerprint density at radius 2 is 1.81 bits per heavy atom. The van der Waals surface area contributed by atoms with E-state index in [0.717, 1.165) is 0 Å². The van der Waals surface area contributed by atoms with Gasteiger partial charge in [-0.1, -0.05) is 12.1 Å². The van der Waals surface area contributed by atoms with Gasteiger partial charge in [0, 0.05) is 24.3 Å².